The Bertz CT molecular complexity index is 1240. The fraction of sp³-hybridized carbons (Fsp3) is 0.235. The number of rotatable bonds is 4. The Morgan fingerprint density at radius 1 is 1.30 bits per heavy atom. The fourth-order valence-electron chi connectivity index (χ4n) is 2.81. The molecule has 4 aromatic rings. The predicted molar refractivity (Wildman–Crippen MR) is 96.7 cm³/mol. The molecule has 0 atom stereocenters. The zero-order valence-corrected chi connectivity index (χ0v) is 14.9. The number of methoxy groups -OCH3 is 1. The van der Waals surface area contributed by atoms with Crippen LogP contribution in [0.1, 0.15) is 5.56 Å². The first-order chi connectivity index (χ1) is 13.0. The molecule has 0 fully saturated rings. The normalized spacial score (nSPS) is 11.2. The summed E-state index contributed by atoms with van der Waals surface area (Å²) in [5.41, 5.74) is 2.26. The topological polar surface area (TPSA) is 117 Å². The minimum Gasteiger partial charge on any atom is -0.496 e. The molecule has 0 aliphatic heterocycles. The van der Waals surface area contributed by atoms with Crippen LogP contribution >= 0.6 is 0 Å². The van der Waals surface area contributed by atoms with E-state index in [1.54, 1.807) is 26.3 Å². The van der Waals surface area contributed by atoms with Crippen LogP contribution in [0.3, 0.4) is 0 Å². The van der Waals surface area contributed by atoms with Crippen molar-refractivity contribution in [2.24, 2.45) is 7.05 Å². The molecule has 0 saturated heterocycles. The molecule has 3 heterocycles. The minimum atomic E-state index is -0.407. The molecule has 10 heteroatoms. The lowest BCUT2D eigenvalue weighted by Crippen LogP contribution is -2.23. The lowest BCUT2D eigenvalue weighted by Gasteiger charge is -2.03. The van der Waals surface area contributed by atoms with E-state index in [-0.39, 0.29) is 29.3 Å². The number of oxazole rings is 1. The Kier molecular flexibility index (Phi) is 3.87. The number of aromatic nitrogens is 5. The molecular weight excluding hydrogens is 352 g/mol. The van der Waals surface area contributed by atoms with E-state index in [4.69, 9.17) is 9.15 Å². The average Bonchev–Trinajstić information content (AvgIpc) is 3.20. The fourth-order valence-corrected chi connectivity index (χ4v) is 2.81. The van der Waals surface area contributed by atoms with Crippen molar-refractivity contribution < 1.29 is 13.9 Å². The highest BCUT2D eigenvalue weighted by Crippen LogP contribution is 2.27. The molecule has 138 valence electrons. The average molecular weight is 368 g/mol. The van der Waals surface area contributed by atoms with Crippen molar-refractivity contribution in [1.29, 1.82) is 0 Å². The molecular formula is C17H16N6O4. The summed E-state index contributed by atoms with van der Waals surface area (Å²) in [5.74, 6) is 0.275. The van der Waals surface area contributed by atoms with Gasteiger partial charge in [-0.1, -0.05) is 0 Å². The largest absolute Gasteiger partial charge is 0.496 e. The molecule has 0 radical (unpaired) electrons. The van der Waals surface area contributed by atoms with Crippen molar-refractivity contribution in [3.05, 3.63) is 40.7 Å². The maximum atomic E-state index is 12.4. The third kappa shape index (κ3) is 2.90. The zero-order chi connectivity index (χ0) is 19.1. The van der Waals surface area contributed by atoms with E-state index in [0.717, 1.165) is 5.56 Å². The maximum Gasteiger partial charge on any atom is 0.302 e. The Balaban J connectivity index is 1.59. The van der Waals surface area contributed by atoms with Gasteiger partial charge in [0, 0.05) is 13.1 Å². The summed E-state index contributed by atoms with van der Waals surface area (Å²) in [5, 5.41) is 2.59. The quantitative estimate of drug-likeness (QED) is 0.575. The summed E-state index contributed by atoms with van der Waals surface area (Å²) in [6.45, 7) is 1.76. The molecule has 0 aliphatic rings. The molecule has 0 unspecified atom stereocenters. The number of carbonyl (C=O) groups is 1. The first kappa shape index (κ1) is 16.8. The van der Waals surface area contributed by atoms with Gasteiger partial charge in [-0.05, 0) is 18.6 Å². The Morgan fingerprint density at radius 2 is 2.07 bits per heavy atom. The van der Waals surface area contributed by atoms with Gasteiger partial charge in [-0.3, -0.25) is 14.9 Å². The number of imidazole rings is 1. The van der Waals surface area contributed by atoms with E-state index < -0.39 is 5.91 Å². The van der Waals surface area contributed by atoms with Crippen molar-refractivity contribution >= 4 is 34.2 Å². The van der Waals surface area contributed by atoms with Gasteiger partial charge in [0.2, 0.25) is 5.91 Å². The summed E-state index contributed by atoms with van der Waals surface area (Å²) in [6.07, 6.45) is 2.79. The van der Waals surface area contributed by atoms with Crippen molar-refractivity contribution in [2.75, 3.05) is 12.4 Å². The second-order valence-corrected chi connectivity index (χ2v) is 6.06. The Hall–Kier alpha value is -3.69. The van der Waals surface area contributed by atoms with E-state index in [1.807, 2.05) is 6.92 Å². The number of carbonyl (C=O) groups excluding carboxylic acids is 1. The van der Waals surface area contributed by atoms with Gasteiger partial charge < -0.3 is 18.3 Å². The van der Waals surface area contributed by atoms with E-state index in [9.17, 15) is 9.59 Å². The predicted octanol–water partition coefficient (Wildman–Crippen LogP) is 1.23. The Morgan fingerprint density at radius 3 is 2.85 bits per heavy atom. The molecule has 1 N–H and O–H groups in total. The molecule has 1 amide bonds. The number of aryl methyl sites for hydroxylation is 2. The number of hydrogen-bond acceptors (Lipinski definition) is 7. The highest BCUT2D eigenvalue weighted by atomic mass is 16.5. The van der Waals surface area contributed by atoms with E-state index in [2.05, 4.69) is 20.3 Å². The van der Waals surface area contributed by atoms with Crippen LogP contribution in [0, 0.1) is 6.92 Å². The molecule has 0 aliphatic carbocycles. The lowest BCUT2D eigenvalue weighted by atomic mass is 10.2. The van der Waals surface area contributed by atoms with Gasteiger partial charge in [0.15, 0.2) is 16.7 Å². The molecule has 10 nitrogen and oxygen atoms in total. The number of ether oxygens (including phenoxy) is 1. The standard InChI is InChI=1S/C17H16N6O4/c1-9-4-12-10(5-11(9)26-3)20-17(27-12)21-13(24)6-23-8-19-15-14(23)16(25)22(2)7-18-15/h4-5,7-8H,6H2,1-3H3,(H,20,21,24). The molecule has 4 rings (SSSR count). The summed E-state index contributed by atoms with van der Waals surface area (Å²) in [6, 6.07) is 3.59. The van der Waals surface area contributed by atoms with Crippen molar-refractivity contribution in [3.63, 3.8) is 0 Å². The highest BCUT2D eigenvalue weighted by molar-refractivity contribution is 5.91. The van der Waals surface area contributed by atoms with Gasteiger partial charge in [-0.15, -0.1) is 0 Å². The summed E-state index contributed by atoms with van der Waals surface area (Å²) >= 11 is 0. The maximum absolute atomic E-state index is 12.4. The zero-order valence-electron chi connectivity index (χ0n) is 14.9. The highest BCUT2D eigenvalue weighted by Gasteiger charge is 2.15. The van der Waals surface area contributed by atoms with Crippen LogP contribution in [0.5, 0.6) is 5.75 Å². The van der Waals surface area contributed by atoms with Gasteiger partial charge in [0.05, 0.1) is 19.8 Å². The molecule has 0 spiro atoms. The van der Waals surface area contributed by atoms with E-state index in [1.165, 1.54) is 21.8 Å². The number of benzene rings is 1. The second kappa shape index (κ2) is 6.24. The third-order valence-electron chi connectivity index (χ3n) is 4.16. The number of nitrogens with zero attached hydrogens (tertiary/aromatic N) is 5. The number of nitrogens with one attached hydrogen (secondary N) is 1. The second-order valence-electron chi connectivity index (χ2n) is 6.06. The van der Waals surface area contributed by atoms with Crippen LogP contribution in [0.25, 0.3) is 22.3 Å². The number of hydrogen-bond donors (Lipinski definition) is 1. The first-order valence-electron chi connectivity index (χ1n) is 8.08. The smallest absolute Gasteiger partial charge is 0.302 e. The SMILES string of the molecule is COc1cc2nc(NC(=O)Cn3cnc4ncn(C)c(=O)c43)oc2cc1C. The van der Waals surface area contributed by atoms with Crippen LogP contribution in [0.2, 0.25) is 0 Å². The van der Waals surface area contributed by atoms with Crippen LogP contribution in [0.15, 0.2) is 34.0 Å². The molecule has 1 aromatic carbocycles. The van der Waals surface area contributed by atoms with Gasteiger partial charge >= 0.3 is 6.01 Å². The van der Waals surface area contributed by atoms with Gasteiger partial charge in [-0.2, -0.15) is 4.98 Å². The van der Waals surface area contributed by atoms with Gasteiger partial charge in [0.25, 0.3) is 5.56 Å². The lowest BCUT2D eigenvalue weighted by molar-refractivity contribution is -0.116. The third-order valence-corrected chi connectivity index (χ3v) is 4.16. The van der Waals surface area contributed by atoms with Crippen molar-refractivity contribution in [1.82, 2.24) is 24.1 Å². The van der Waals surface area contributed by atoms with Crippen LogP contribution in [0.4, 0.5) is 6.01 Å². The summed E-state index contributed by atoms with van der Waals surface area (Å²) < 4.78 is 13.6. The monoisotopic (exact) mass is 368 g/mol. The first-order valence-corrected chi connectivity index (χ1v) is 8.08. The minimum absolute atomic E-state index is 0.0677. The molecule has 0 saturated carbocycles. The van der Waals surface area contributed by atoms with Gasteiger partial charge in [0.1, 0.15) is 17.8 Å². The van der Waals surface area contributed by atoms with E-state index >= 15 is 0 Å². The number of amides is 1. The van der Waals surface area contributed by atoms with Crippen LogP contribution < -0.4 is 15.6 Å². The van der Waals surface area contributed by atoms with Gasteiger partial charge in [-0.25, -0.2) is 9.97 Å². The summed E-state index contributed by atoms with van der Waals surface area (Å²) in [4.78, 5) is 37.0. The number of anilines is 1. The number of fused-ring (bicyclic) bond motifs is 2. The molecule has 27 heavy (non-hydrogen) atoms. The van der Waals surface area contributed by atoms with Crippen LogP contribution in [-0.4, -0.2) is 37.1 Å². The van der Waals surface area contributed by atoms with E-state index in [0.29, 0.717) is 16.8 Å². The van der Waals surface area contributed by atoms with Crippen LogP contribution in [-0.2, 0) is 18.4 Å². The molecule has 0 bridgehead atoms. The molecule has 3 aromatic heterocycles. The van der Waals surface area contributed by atoms with Crippen molar-refractivity contribution in [2.45, 2.75) is 13.5 Å². The summed E-state index contributed by atoms with van der Waals surface area (Å²) in [7, 11) is 3.16. The Labute approximate surface area is 152 Å². The van der Waals surface area contributed by atoms with Crippen molar-refractivity contribution in [3.8, 4) is 5.75 Å².